The Morgan fingerprint density at radius 2 is 2.25 bits per heavy atom. The van der Waals surface area contributed by atoms with Crippen LogP contribution < -0.4 is 15.8 Å². The van der Waals surface area contributed by atoms with Gasteiger partial charge in [0.15, 0.2) is 5.96 Å². The minimum absolute atomic E-state index is 0.203. The molecule has 1 aromatic rings. The second kappa shape index (κ2) is 9.42. The summed E-state index contributed by atoms with van der Waals surface area (Å²) in [5.74, 6) is 0.597. The monoisotopic (exact) mass is 340 g/mol. The van der Waals surface area contributed by atoms with Crippen LogP contribution in [0, 0.1) is 0 Å². The largest absolute Gasteiger partial charge is 0.435 e. The summed E-state index contributed by atoms with van der Waals surface area (Å²) in [5, 5.41) is 3.03. The van der Waals surface area contributed by atoms with E-state index in [1.165, 1.54) is 6.42 Å². The second-order valence-corrected chi connectivity index (χ2v) is 5.81. The molecular weight excluding hydrogens is 314 g/mol. The van der Waals surface area contributed by atoms with Crippen LogP contribution in [0.15, 0.2) is 29.3 Å². The summed E-state index contributed by atoms with van der Waals surface area (Å²) in [4.78, 5) is 6.81. The van der Waals surface area contributed by atoms with Crippen molar-refractivity contribution in [3.05, 3.63) is 29.8 Å². The quantitative estimate of drug-likeness (QED) is 0.563. The summed E-state index contributed by atoms with van der Waals surface area (Å²) in [6.45, 7) is 2.71. The minimum Gasteiger partial charge on any atom is -0.435 e. The van der Waals surface area contributed by atoms with E-state index in [1.807, 2.05) is 0 Å². The molecule has 1 fully saturated rings. The fraction of sp³-hybridized carbons (Fsp3) is 0.588. The van der Waals surface area contributed by atoms with Crippen LogP contribution in [0.5, 0.6) is 5.75 Å². The number of ether oxygens (including phenoxy) is 1. The molecule has 0 spiro atoms. The lowest BCUT2D eigenvalue weighted by Gasteiger charge is -2.21. The molecule has 3 N–H and O–H groups in total. The number of nitrogens with one attached hydrogen (secondary N) is 1. The molecular formula is C17H26F2N4O. The van der Waals surface area contributed by atoms with Crippen LogP contribution in [0.3, 0.4) is 0 Å². The van der Waals surface area contributed by atoms with Gasteiger partial charge in [0.05, 0.1) is 6.54 Å². The number of hydrogen-bond donors (Lipinski definition) is 2. The molecule has 0 radical (unpaired) electrons. The lowest BCUT2D eigenvalue weighted by atomic mass is 10.1. The van der Waals surface area contributed by atoms with E-state index in [2.05, 4.69) is 26.9 Å². The highest BCUT2D eigenvalue weighted by Crippen LogP contribution is 2.20. The molecule has 0 saturated carbocycles. The molecule has 1 heterocycles. The zero-order chi connectivity index (χ0) is 17.4. The molecule has 24 heavy (non-hydrogen) atoms. The first-order chi connectivity index (χ1) is 11.6. The van der Waals surface area contributed by atoms with E-state index in [4.69, 9.17) is 5.73 Å². The van der Waals surface area contributed by atoms with E-state index in [-0.39, 0.29) is 5.75 Å². The molecule has 1 aliphatic rings. The van der Waals surface area contributed by atoms with Gasteiger partial charge in [0.2, 0.25) is 0 Å². The molecule has 0 aliphatic carbocycles. The Hall–Kier alpha value is -1.89. The number of rotatable bonds is 8. The summed E-state index contributed by atoms with van der Waals surface area (Å²) in [7, 11) is 0. The second-order valence-electron chi connectivity index (χ2n) is 5.81. The van der Waals surface area contributed by atoms with Crippen LogP contribution in [0.25, 0.3) is 0 Å². The van der Waals surface area contributed by atoms with E-state index in [9.17, 15) is 8.78 Å². The van der Waals surface area contributed by atoms with Gasteiger partial charge in [-0.2, -0.15) is 8.78 Å². The fourth-order valence-electron chi connectivity index (χ4n) is 3.02. The van der Waals surface area contributed by atoms with Crippen molar-refractivity contribution in [2.45, 2.75) is 38.8 Å². The Morgan fingerprint density at radius 3 is 3.00 bits per heavy atom. The molecule has 0 bridgehead atoms. The number of benzene rings is 1. The number of aliphatic imine (C=N–C) groups is 1. The number of para-hydroxylation sites is 1. The lowest BCUT2D eigenvalue weighted by molar-refractivity contribution is -0.0504. The SMILES string of the molecule is CCN1CCCC1CN=C(N)NCCc1ccccc1OC(F)F. The average molecular weight is 340 g/mol. The number of likely N-dealkylation sites (tertiary alicyclic amines) is 1. The summed E-state index contributed by atoms with van der Waals surface area (Å²) in [6, 6.07) is 7.24. The van der Waals surface area contributed by atoms with E-state index >= 15 is 0 Å². The molecule has 1 saturated heterocycles. The predicted molar refractivity (Wildman–Crippen MR) is 91.5 cm³/mol. The van der Waals surface area contributed by atoms with Crippen LogP contribution in [-0.2, 0) is 6.42 Å². The first-order valence-electron chi connectivity index (χ1n) is 8.40. The van der Waals surface area contributed by atoms with Crippen molar-refractivity contribution >= 4 is 5.96 Å². The van der Waals surface area contributed by atoms with Crippen molar-refractivity contribution < 1.29 is 13.5 Å². The van der Waals surface area contributed by atoms with E-state index in [1.54, 1.807) is 24.3 Å². The van der Waals surface area contributed by atoms with E-state index in [0.29, 0.717) is 37.1 Å². The Morgan fingerprint density at radius 1 is 1.46 bits per heavy atom. The number of likely N-dealkylation sites (N-methyl/N-ethyl adjacent to an activating group) is 1. The van der Waals surface area contributed by atoms with Crippen LogP contribution >= 0.6 is 0 Å². The normalized spacial score (nSPS) is 19.0. The first-order valence-corrected chi connectivity index (χ1v) is 8.40. The number of halogens is 2. The Kier molecular flexibility index (Phi) is 7.24. The van der Waals surface area contributed by atoms with Gasteiger partial charge in [-0.05, 0) is 44.0 Å². The summed E-state index contributed by atoms with van der Waals surface area (Å²) < 4.78 is 29.3. The molecule has 2 rings (SSSR count). The van der Waals surface area contributed by atoms with E-state index in [0.717, 1.165) is 19.5 Å². The third-order valence-corrected chi connectivity index (χ3v) is 4.27. The average Bonchev–Trinajstić information content (AvgIpc) is 3.01. The molecule has 1 atom stereocenters. The van der Waals surface area contributed by atoms with Gasteiger partial charge in [-0.1, -0.05) is 25.1 Å². The van der Waals surface area contributed by atoms with Crippen molar-refractivity contribution in [1.82, 2.24) is 10.2 Å². The molecule has 0 aromatic heterocycles. The topological polar surface area (TPSA) is 62.9 Å². The molecule has 7 heteroatoms. The van der Waals surface area contributed by atoms with Gasteiger partial charge < -0.3 is 15.8 Å². The molecule has 1 unspecified atom stereocenters. The number of alkyl halides is 2. The fourth-order valence-corrected chi connectivity index (χ4v) is 3.02. The van der Waals surface area contributed by atoms with Crippen molar-refractivity contribution in [1.29, 1.82) is 0 Å². The van der Waals surface area contributed by atoms with Crippen molar-refractivity contribution in [3.8, 4) is 5.75 Å². The van der Waals surface area contributed by atoms with Crippen LogP contribution in [0.1, 0.15) is 25.3 Å². The van der Waals surface area contributed by atoms with Crippen molar-refractivity contribution in [2.24, 2.45) is 10.7 Å². The number of nitrogens with zero attached hydrogens (tertiary/aromatic N) is 2. The maximum Gasteiger partial charge on any atom is 0.387 e. The summed E-state index contributed by atoms with van der Waals surface area (Å²) in [5.41, 5.74) is 6.60. The van der Waals surface area contributed by atoms with Gasteiger partial charge in [-0.15, -0.1) is 0 Å². The number of nitrogens with two attached hydrogens (primary N) is 1. The predicted octanol–water partition coefficient (Wildman–Crippen LogP) is 2.22. The Labute approximate surface area is 141 Å². The molecule has 1 aromatic carbocycles. The highest BCUT2D eigenvalue weighted by molar-refractivity contribution is 5.77. The standard InChI is InChI=1S/C17H26F2N4O/c1-2-23-11-5-7-14(23)12-22-17(20)21-10-9-13-6-3-4-8-15(13)24-16(18)19/h3-4,6,8,14,16H,2,5,7,9-12H2,1H3,(H3,20,21,22). The van der Waals surface area contributed by atoms with Gasteiger partial charge in [-0.3, -0.25) is 9.89 Å². The smallest absolute Gasteiger partial charge is 0.387 e. The highest BCUT2D eigenvalue weighted by Gasteiger charge is 2.22. The zero-order valence-corrected chi connectivity index (χ0v) is 14.0. The zero-order valence-electron chi connectivity index (χ0n) is 14.0. The lowest BCUT2D eigenvalue weighted by Crippen LogP contribution is -2.36. The van der Waals surface area contributed by atoms with Gasteiger partial charge in [0.1, 0.15) is 5.75 Å². The van der Waals surface area contributed by atoms with Crippen molar-refractivity contribution in [2.75, 3.05) is 26.2 Å². The third-order valence-electron chi connectivity index (χ3n) is 4.27. The molecule has 0 amide bonds. The minimum atomic E-state index is -2.82. The third kappa shape index (κ3) is 5.63. The molecule has 5 nitrogen and oxygen atoms in total. The van der Waals surface area contributed by atoms with Crippen LogP contribution in [-0.4, -0.2) is 49.7 Å². The first kappa shape index (κ1) is 18.4. The maximum absolute atomic E-state index is 12.4. The van der Waals surface area contributed by atoms with E-state index < -0.39 is 6.61 Å². The van der Waals surface area contributed by atoms with Gasteiger partial charge in [0, 0.05) is 12.6 Å². The maximum atomic E-state index is 12.4. The van der Waals surface area contributed by atoms with Gasteiger partial charge >= 0.3 is 6.61 Å². The van der Waals surface area contributed by atoms with Crippen molar-refractivity contribution in [3.63, 3.8) is 0 Å². The summed E-state index contributed by atoms with van der Waals surface area (Å²) >= 11 is 0. The number of guanidine groups is 1. The Balaban J connectivity index is 1.78. The highest BCUT2D eigenvalue weighted by atomic mass is 19.3. The molecule has 1 aliphatic heterocycles. The van der Waals surface area contributed by atoms with Crippen LogP contribution in [0.4, 0.5) is 8.78 Å². The Bertz CT molecular complexity index is 539. The van der Waals surface area contributed by atoms with Crippen LogP contribution in [0.2, 0.25) is 0 Å². The number of hydrogen-bond acceptors (Lipinski definition) is 3. The molecule has 134 valence electrons. The van der Waals surface area contributed by atoms with Gasteiger partial charge in [0.25, 0.3) is 0 Å². The summed E-state index contributed by atoms with van der Waals surface area (Å²) in [6.07, 6.45) is 2.90. The van der Waals surface area contributed by atoms with Gasteiger partial charge in [-0.25, -0.2) is 0 Å².